The van der Waals surface area contributed by atoms with Gasteiger partial charge >= 0.3 is 0 Å². The summed E-state index contributed by atoms with van der Waals surface area (Å²) in [5.41, 5.74) is 6.87. The molecule has 0 fully saturated rings. The van der Waals surface area contributed by atoms with Crippen molar-refractivity contribution in [1.82, 2.24) is 15.1 Å². The molecule has 1 atom stereocenters. The fraction of sp³-hybridized carbons (Fsp3) is 0.154. The third-order valence-electron chi connectivity index (χ3n) is 2.68. The van der Waals surface area contributed by atoms with Crippen LogP contribution in [0.5, 0.6) is 0 Å². The van der Waals surface area contributed by atoms with E-state index in [-0.39, 0.29) is 17.7 Å². The van der Waals surface area contributed by atoms with Gasteiger partial charge in [0.15, 0.2) is 0 Å². The van der Waals surface area contributed by atoms with E-state index in [9.17, 15) is 4.39 Å². The third kappa shape index (κ3) is 3.02. The van der Waals surface area contributed by atoms with Crippen molar-refractivity contribution < 1.29 is 8.91 Å². The van der Waals surface area contributed by atoms with Gasteiger partial charge in [-0.25, -0.2) is 9.37 Å². The molecule has 0 aliphatic heterocycles. The van der Waals surface area contributed by atoms with Crippen LogP contribution in [0.1, 0.15) is 18.0 Å². The van der Waals surface area contributed by atoms with Crippen LogP contribution in [0.3, 0.4) is 0 Å². The lowest BCUT2D eigenvalue weighted by Crippen LogP contribution is -2.03. The minimum Gasteiger partial charge on any atom is -0.332 e. The van der Waals surface area contributed by atoms with Crippen molar-refractivity contribution in [1.29, 1.82) is 0 Å². The van der Waals surface area contributed by atoms with E-state index < -0.39 is 0 Å². The Morgan fingerprint density at radius 3 is 2.81 bits per heavy atom. The maximum Gasteiger partial charge on any atom is 0.277 e. The first kappa shape index (κ1) is 14.3. The van der Waals surface area contributed by atoms with Gasteiger partial charge in [0.1, 0.15) is 16.5 Å². The van der Waals surface area contributed by atoms with Crippen molar-refractivity contribution >= 4 is 27.3 Å². The van der Waals surface area contributed by atoms with E-state index in [1.807, 2.05) is 6.92 Å². The molecule has 5 nitrogen and oxygen atoms in total. The molecule has 2 N–H and O–H groups in total. The van der Waals surface area contributed by atoms with Crippen LogP contribution in [0, 0.1) is 5.82 Å². The molecule has 108 valence electrons. The van der Waals surface area contributed by atoms with E-state index >= 15 is 0 Å². The summed E-state index contributed by atoms with van der Waals surface area (Å²) in [5.74, 6) is 0.215. The summed E-state index contributed by atoms with van der Waals surface area (Å²) < 4.78 is 19.2. The maximum absolute atomic E-state index is 13.4. The molecule has 0 spiro atoms. The zero-order chi connectivity index (χ0) is 15.0. The Morgan fingerprint density at radius 2 is 2.14 bits per heavy atom. The molecule has 2 heterocycles. The number of hydrogen-bond acceptors (Lipinski definition) is 6. The highest BCUT2D eigenvalue weighted by Crippen LogP contribution is 2.27. The first-order valence-electron chi connectivity index (χ1n) is 6.04. The van der Waals surface area contributed by atoms with Gasteiger partial charge in [0.05, 0.1) is 6.04 Å². The van der Waals surface area contributed by atoms with Crippen LogP contribution in [-0.2, 0) is 0 Å². The molecule has 0 aliphatic carbocycles. The van der Waals surface area contributed by atoms with Gasteiger partial charge in [0.2, 0.25) is 5.82 Å². The summed E-state index contributed by atoms with van der Waals surface area (Å²) in [7, 11) is 0. The molecule has 3 rings (SSSR count). The van der Waals surface area contributed by atoms with Crippen LogP contribution < -0.4 is 5.73 Å². The fourth-order valence-corrected chi connectivity index (χ4v) is 2.94. The van der Waals surface area contributed by atoms with Crippen LogP contribution in [0.2, 0.25) is 0 Å². The quantitative estimate of drug-likeness (QED) is 0.760. The van der Waals surface area contributed by atoms with Crippen molar-refractivity contribution in [3.63, 3.8) is 0 Å². The number of rotatable bonds is 3. The van der Waals surface area contributed by atoms with Gasteiger partial charge in [-0.1, -0.05) is 21.1 Å². The number of aromatic nitrogens is 3. The molecule has 8 heteroatoms. The normalized spacial score (nSPS) is 12.6. The number of halogens is 2. The number of nitrogens with two attached hydrogens (primary N) is 1. The van der Waals surface area contributed by atoms with Gasteiger partial charge in [-0.3, -0.25) is 0 Å². The van der Waals surface area contributed by atoms with E-state index in [0.717, 1.165) is 5.01 Å². The van der Waals surface area contributed by atoms with Crippen LogP contribution >= 0.6 is 27.3 Å². The van der Waals surface area contributed by atoms with Crippen LogP contribution in [0.25, 0.3) is 23.0 Å². The van der Waals surface area contributed by atoms with Gasteiger partial charge in [-0.15, -0.1) is 11.3 Å². The van der Waals surface area contributed by atoms with Gasteiger partial charge < -0.3 is 10.3 Å². The highest BCUT2D eigenvalue weighted by atomic mass is 79.9. The Bertz CT molecular complexity index is 766. The summed E-state index contributed by atoms with van der Waals surface area (Å²) in [6, 6.07) is 4.27. The number of thiazole rings is 1. The maximum atomic E-state index is 13.4. The minimum absolute atomic E-state index is 0.148. The van der Waals surface area contributed by atoms with Gasteiger partial charge in [-0.2, -0.15) is 4.98 Å². The summed E-state index contributed by atoms with van der Waals surface area (Å²) in [6.07, 6.45) is 0. The van der Waals surface area contributed by atoms with Crippen LogP contribution in [0.4, 0.5) is 4.39 Å². The van der Waals surface area contributed by atoms with Gasteiger partial charge in [0, 0.05) is 15.4 Å². The Morgan fingerprint density at radius 1 is 1.33 bits per heavy atom. The van der Waals surface area contributed by atoms with E-state index in [4.69, 9.17) is 10.3 Å². The van der Waals surface area contributed by atoms with Crippen LogP contribution in [-0.4, -0.2) is 15.1 Å². The number of hydrogen-bond donors (Lipinski definition) is 1. The second kappa shape index (κ2) is 5.63. The molecular formula is C13H10BrFN4OS. The second-order valence-corrected chi connectivity index (χ2v) is 6.25. The van der Waals surface area contributed by atoms with Crippen LogP contribution in [0.15, 0.2) is 32.6 Å². The average molecular weight is 369 g/mol. The van der Waals surface area contributed by atoms with Crippen molar-refractivity contribution in [3.8, 4) is 23.0 Å². The third-order valence-corrected chi connectivity index (χ3v) is 4.18. The molecule has 1 unspecified atom stereocenters. The molecule has 0 saturated heterocycles. The van der Waals surface area contributed by atoms with Crippen molar-refractivity contribution in [3.05, 3.63) is 38.9 Å². The largest absolute Gasteiger partial charge is 0.332 e. The molecule has 3 aromatic rings. The molecule has 0 bridgehead atoms. The molecule has 1 aromatic carbocycles. The zero-order valence-electron chi connectivity index (χ0n) is 10.9. The predicted molar refractivity (Wildman–Crippen MR) is 81.1 cm³/mol. The highest BCUT2D eigenvalue weighted by Gasteiger charge is 2.15. The topological polar surface area (TPSA) is 77.8 Å². The zero-order valence-corrected chi connectivity index (χ0v) is 13.3. The lowest BCUT2D eigenvalue weighted by molar-refractivity contribution is 0.431. The minimum atomic E-state index is -0.376. The lowest BCUT2D eigenvalue weighted by Gasteiger charge is -1.96. The Balaban J connectivity index is 1.95. The molecule has 0 radical (unpaired) electrons. The Kier molecular flexibility index (Phi) is 3.83. The Hall–Kier alpha value is -1.64. The SMILES string of the molecule is CC(N)c1nc(-c2nc(-c3cc(F)cc(Br)c3)no2)cs1. The number of nitrogens with zero attached hydrogens (tertiary/aromatic N) is 3. The average Bonchev–Trinajstić information content (AvgIpc) is 3.07. The first-order valence-corrected chi connectivity index (χ1v) is 7.72. The molecule has 21 heavy (non-hydrogen) atoms. The van der Waals surface area contributed by atoms with Crippen molar-refractivity contribution in [2.75, 3.05) is 0 Å². The molecule has 0 amide bonds. The van der Waals surface area contributed by atoms with E-state index in [1.165, 1.54) is 23.5 Å². The van der Waals surface area contributed by atoms with E-state index in [0.29, 0.717) is 21.6 Å². The standard InChI is InChI=1S/C13H10BrFN4OS/c1-6(16)13-17-10(5-21-13)12-18-11(19-20-12)7-2-8(14)4-9(15)3-7/h2-6H,16H2,1H3. The summed E-state index contributed by atoms with van der Waals surface area (Å²) in [6.45, 7) is 1.85. The highest BCUT2D eigenvalue weighted by molar-refractivity contribution is 9.10. The first-order chi connectivity index (χ1) is 10.0. The summed E-state index contributed by atoms with van der Waals surface area (Å²) in [5, 5.41) is 6.45. The summed E-state index contributed by atoms with van der Waals surface area (Å²) >= 11 is 4.66. The van der Waals surface area contributed by atoms with Gasteiger partial charge in [0.25, 0.3) is 5.89 Å². The Labute approximate surface area is 132 Å². The smallest absolute Gasteiger partial charge is 0.277 e. The van der Waals surface area contributed by atoms with E-state index in [2.05, 4.69) is 31.1 Å². The monoisotopic (exact) mass is 368 g/mol. The van der Waals surface area contributed by atoms with Crippen molar-refractivity contribution in [2.24, 2.45) is 5.73 Å². The molecule has 2 aromatic heterocycles. The molecular weight excluding hydrogens is 359 g/mol. The second-order valence-electron chi connectivity index (χ2n) is 4.44. The van der Waals surface area contributed by atoms with Crippen molar-refractivity contribution in [2.45, 2.75) is 13.0 Å². The fourth-order valence-electron chi connectivity index (χ4n) is 1.72. The van der Waals surface area contributed by atoms with E-state index in [1.54, 1.807) is 11.4 Å². The summed E-state index contributed by atoms with van der Waals surface area (Å²) in [4.78, 5) is 8.58. The predicted octanol–water partition coefficient (Wildman–Crippen LogP) is 3.78. The number of benzene rings is 1. The lowest BCUT2D eigenvalue weighted by atomic mass is 10.2. The molecule has 0 saturated carbocycles. The molecule has 0 aliphatic rings. The van der Waals surface area contributed by atoms with Gasteiger partial charge in [-0.05, 0) is 25.1 Å².